The van der Waals surface area contributed by atoms with Gasteiger partial charge in [-0.1, -0.05) is 30.3 Å². The molecule has 0 bridgehead atoms. The van der Waals surface area contributed by atoms with Gasteiger partial charge in [-0.3, -0.25) is 4.79 Å². The lowest BCUT2D eigenvalue weighted by atomic mass is 9.99. The number of benzene rings is 1. The number of nitriles is 1. The third-order valence-corrected chi connectivity index (χ3v) is 3.31. The SMILES string of the molecule is N#CC(Cc1ccccc1)C(=O)N1CC(O)C(O)C1. The van der Waals surface area contributed by atoms with Gasteiger partial charge in [0.25, 0.3) is 0 Å². The first-order valence-corrected chi connectivity index (χ1v) is 6.20. The van der Waals surface area contributed by atoms with Crippen LogP contribution in [0.15, 0.2) is 30.3 Å². The third kappa shape index (κ3) is 3.11. The van der Waals surface area contributed by atoms with Crippen molar-refractivity contribution in [1.82, 2.24) is 4.90 Å². The van der Waals surface area contributed by atoms with Gasteiger partial charge in [0.2, 0.25) is 5.91 Å². The summed E-state index contributed by atoms with van der Waals surface area (Å²) in [4.78, 5) is 13.5. The molecule has 1 fully saturated rings. The lowest BCUT2D eigenvalue weighted by Crippen LogP contribution is -2.35. The molecule has 1 aliphatic heterocycles. The molecule has 0 radical (unpaired) electrons. The second kappa shape index (κ2) is 5.83. The van der Waals surface area contributed by atoms with Crippen LogP contribution in [0.25, 0.3) is 0 Å². The van der Waals surface area contributed by atoms with E-state index in [1.54, 1.807) is 0 Å². The topological polar surface area (TPSA) is 84.6 Å². The van der Waals surface area contributed by atoms with Gasteiger partial charge in [0.05, 0.1) is 18.3 Å². The van der Waals surface area contributed by atoms with Crippen LogP contribution in [0, 0.1) is 17.2 Å². The standard InChI is InChI=1S/C14H16N2O3/c15-7-11(6-10-4-2-1-3-5-10)14(19)16-8-12(17)13(18)9-16/h1-5,11-13,17-18H,6,8-9H2. The van der Waals surface area contributed by atoms with Gasteiger partial charge in [0.15, 0.2) is 0 Å². The van der Waals surface area contributed by atoms with Crippen LogP contribution in [0.4, 0.5) is 0 Å². The van der Waals surface area contributed by atoms with E-state index in [9.17, 15) is 15.0 Å². The number of hydrogen-bond acceptors (Lipinski definition) is 4. The molecule has 2 N–H and O–H groups in total. The number of hydrogen-bond donors (Lipinski definition) is 2. The van der Waals surface area contributed by atoms with E-state index in [-0.39, 0.29) is 19.0 Å². The molecule has 0 aliphatic carbocycles. The summed E-state index contributed by atoms with van der Waals surface area (Å²) < 4.78 is 0. The number of aliphatic hydroxyl groups is 2. The highest BCUT2D eigenvalue weighted by atomic mass is 16.3. The lowest BCUT2D eigenvalue weighted by Gasteiger charge is -2.18. The molecule has 3 atom stereocenters. The van der Waals surface area contributed by atoms with E-state index in [1.165, 1.54) is 4.90 Å². The van der Waals surface area contributed by atoms with E-state index >= 15 is 0 Å². The van der Waals surface area contributed by atoms with E-state index in [0.717, 1.165) is 5.56 Å². The molecule has 100 valence electrons. The van der Waals surface area contributed by atoms with Gasteiger partial charge in [0, 0.05) is 13.1 Å². The first-order valence-electron chi connectivity index (χ1n) is 6.20. The second-order valence-corrected chi connectivity index (χ2v) is 4.75. The monoisotopic (exact) mass is 260 g/mol. The average molecular weight is 260 g/mol. The fraction of sp³-hybridized carbons (Fsp3) is 0.429. The average Bonchev–Trinajstić information content (AvgIpc) is 2.76. The zero-order chi connectivity index (χ0) is 13.8. The van der Waals surface area contributed by atoms with Gasteiger partial charge in [-0.05, 0) is 12.0 Å². The quantitative estimate of drug-likeness (QED) is 0.797. The first-order chi connectivity index (χ1) is 9.11. The molecule has 1 aliphatic rings. The Kier molecular flexibility index (Phi) is 4.15. The Labute approximate surface area is 111 Å². The number of β-amino-alcohol motifs (C(OH)–C–C–N with tert-alkyl or cyclic N) is 2. The Morgan fingerprint density at radius 2 is 1.89 bits per heavy atom. The van der Waals surface area contributed by atoms with Crippen LogP contribution in [0.2, 0.25) is 0 Å². The number of carbonyl (C=O) groups excluding carboxylic acids is 1. The highest BCUT2D eigenvalue weighted by molar-refractivity contribution is 5.82. The maximum atomic E-state index is 12.2. The highest BCUT2D eigenvalue weighted by Gasteiger charge is 2.35. The summed E-state index contributed by atoms with van der Waals surface area (Å²) in [5.41, 5.74) is 0.919. The van der Waals surface area contributed by atoms with Crippen molar-refractivity contribution in [2.45, 2.75) is 18.6 Å². The minimum Gasteiger partial charge on any atom is -0.388 e. The highest BCUT2D eigenvalue weighted by Crippen LogP contribution is 2.16. The largest absolute Gasteiger partial charge is 0.388 e. The molecule has 0 spiro atoms. The van der Waals surface area contributed by atoms with Gasteiger partial charge in [-0.2, -0.15) is 5.26 Å². The Morgan fingerprint density at radius 1 is 1.32 bits per heavy atom. The van der Waals surface area contributed by atoms with Crippen molar-refractivity contribution < 1.29 is 15.0 Å². The number of carbonyl (C=O) groups is 1. The predicted octanol–water partition coefficient (Wildman–Crippen LogP) is -0.0671. The molecular formula is C14H16N2O3. The maximum Gasteiger partial charge on any atom is 0.240 e. The third-order valence-electron chi connectivity index (χ3n) is 3.31. The van der Waals surface area contributed by atoms with Crippen LogP contribution in [-0.2, 0) is 11.2 Å². The second-order valence-electron chi connectivity index (χ2n) is 4.75. The minimum absolute atomic E-state index is 0.0902. The Balaban J connectivity index is 2.03. The normalized spacial score (nSPS) is 23.9. The fourth-order valence-corrected chi connectivity index (χ4v) is 2.21. The summed E-state index contributed by atoms with van der Waals surface area (Å²) in [6.45, 7) is 0.180. The zero-order valence-electron chi connectivity index (χ0n) is 10.4. The fourth-order valence-electron chi connectivity index (χ4n) is 2.21. The Bertz CT molecular complexity index is 473. The molecule has 5 nitrogen and oxygen atoms in total. The van der Waals surface area contributed by atoms with Crippen LogP contribution in [-0.4, -0.2) is 46.3 Å². The van der Waals surface area contributed by atoms with Gasteiger partial charge in [-0.25, -0.2) is 0 Å². The molecule has 1 saturated heterocycles. The van der Waals surface area contributed by atoms with Gasteiger partial charge in [0.1, 0.15) is 5.92 Å². The molecule has 1 amide bonds. The minimum atomic E-state index is -0.917. The van der Waals surface area contributed by atoms with Crippen molar-refractivity contribution in [3.63, 3.8) is 0 Å². The summed E-state index contributed by atoms with van der Waals surface area (Å²) in [6.07, 6.45) is -1.49. The molecule has 1 aromatic carbocycles. The number of rotatable bonds is 3. The summed E-state index contributed by atoms with van der Waals surface area (Å²) in [7, 11) is 0. The number of likely N-dealkylation sites (tertiary alicyclic amines) is 1. The van der Waals surface area contributed by atoms with Gasteiger partial charge >= 0.3 is 0 Å². The van der Waals surface area contributed by atoms with Crippen LogP contribution in [0.3, 0.4) is 0 Å². The predicted molar refractivity (Wildman–Crippen MR) is 67.8 cm³/mol. The van der Waals surface area contributed by atoms with Crippen LogP contribution >= 0.6 is 0 Å². The molecule has 0 saturated carbocycles. The summed E-state index contributed by atoms with van der Waals surface area (Å²) >= 11 is 0. The molecule has 2 rings (SSSR count). The van der Waals surface area contributed by atoms with E-state index in [0.29, 0.717) is 6.42 Å². The van der Waals surface area contributed by atoms with Gasteiger partial charge < -0.3 is 15.1 Å². The van der Waals surface area contributed by atoms with E-state index < -0.39 is 18.1 Å². The molecule has 1 aromatic rings. The van der Waals surface area contributed by atoms with Crippen molar-refractivity contribution in [3.8, 4) is 6.07 Å². The molecule has 0 aromatic heterocycles. The van der Waals surface area contributed by atoms with Gasteiger partial charge in [-0.15, -0.1) is 0 Å². The van der Waals surface area contributed by atoms with E-state index in [2.05, 4.69) is 0 Å². The zero-order valence-corrected chi connectivity index (χ0v) is 10.4. The first kappa shape index (κ1) is 13.5. The number of amides is 1. The Hall–Kier alpha value is -1.90. The van der Waals surface area contributed by atoms with E-state index in [4.69, 9.17) is 5.26 Å². The van der Waals surface area contributed by atoms with Crippen molar-refractivity contribution in [2.75, 3.05) is 13.1 Å². The molecule has 19 heavy (non-hydrogen) atoms. The molecule has 5 heteroatoms. The van der Waals surface area contributed by atoms with E-state index in [1.807, 2.05) is 36.4 Å². The number of nitrogens with zero attached hydrogens (tertiary/aromatic N) is 2. The van der Waals surface area contributed by atoms with Crippen molar-refractivity contribution >= 4 is 5.91 Å². The summed E-state index contributed by atoms with van der Waals surface area (Å²) in [5.74, 6) is -1.11. The van der Waals surface area contributed by atoms with Crippen LogP contribution in [0.5, 0.6) is 0 Å². The van der Waals surface area contributed by atoms with Crippen molar-refractivity contribution in [3.05, 3.63) is 35.9 Å². The number of aliphatic hydroxyl groups excluding tert-OH is 2. The molecular weight excluding hydrogens is 244 g/mol. The summed E-state index contributed by atoms with van der Waals surface area (Å²) in [5, 5.41) is 28.0. The van der Waals surface area contributed by atoms with Crippen molar-refractivity contribution in [1.29, 1.82) is 5.26 Å². The summed E-state index contributed by atoms with van der Waals surface area (Å²) in [6, 6.07) is 11.3. The Morgan fingerprint density at radius 3 is 2.42 bits per heavy atom. The maximum absolute atomic E-state index is 12.2. The smallest absolute Gasteiger partial charge is 0.240 e. The van der Waals surface area contributed by atoms with Crippen LogP contribution in [0.1, 0.15) is 5.56 Å². The van der Waals surface area contributed by atoms with Crippen molar-refractivity contribution in [2.24, 2.45) is 5.92 Å². The molecule has 3 unspecified atom stereocenters. The lowest BCUT2D eigenvalue weighted by molar-refractivity contribution is -0.133. The van der Waals surface area contributed by atoms with Crippen LogP contribution < -0.4 is 0 Å². The molecule has 1 heterocycles.